The standard InChI is InChI=1S/C20H16N4OS/c1-14-7-9-16(10-8-14)11-17(13-21)19(25)22-20-24-23-18(26-20)12-15-5-3-2-4-6-15/h2-11H,12H2,1H3,(H,22,24,25)/b17-11-. The van der Waals surface area contributed by atoms with Gasteiger partial charge in [0, 0.05) is 6.42 Å². The van der Waals surface area contributed by atoms with Gasteiger partial charge in [0.05, 0.1) is 0 Å². The van der Waals surface area contributed by atoms with E-state index in [0.717, 1.165) is 21.7 Å². The fourth-order valence-electron chi connectivity index (χ4n) is 2.29. The lowest BCUT2D eigenvalue weighted by Crippen LogP contribution is -2.13. The van der Waals surface area contributed by atoms with E-state index in [4.69, 9.17) is 0 Å². The fourth-order valence-corrected chi connectivity index (χ4v) is 3.06. The number of nitrogens with zero attached hydrogens (tertiary/aromatic N) is 3. The van der Waals surface area contributed by atoms with Crippen LogP contribution in [0.15, 0.2) is 60.2 Å². The van der Waals surface area contributed by atoms with Crippen LogP contribution in [0.5, 0.6) is 0 Å². The molecule has 1 amide bonds. The van der Waals surface area contributed by atoms with Gasteiger partial charge >= 0.3 is 0 Å². The molecule has 0 bridgehead atoms. The average Bonchev–Trinajstić information content (AvgIpc) is 3.08. The van der Waals surface area contributed by atoms with Gasteiger partial charge in [-0.25, -0.2) is 0 Å². The molecule has 0 aliphatic heterocycles. The maximum absolute atomic E-state index is 12.3. The van der Waals surface area contributed by atoms with Crippen LogP contribution in [0.25, 0.3) is 6.08 Å². The molecule has 0 aliphatic carbocycles. The van der Waals surface area contributed by atoms with Gasteiger partial charge in [-0.05, 0) is 24.1 Å². The van der Waals surface area contributed by atoms with Crippen molar-refractivity contribution in [3.05, 3.63) is 81.9 Å². The van der Waals surface area contributed by atoms with Gasteiger partial charge in [-0.2, -0.15) is 5.26 Å². The van der Waals surface area contributed by atoms with Crippen molar-refractivity contribution >= 4 is 28.5 Å². The second-order valence-electron chi connectivity index (χ2n) is 5.70. The van der Waals surface area contributed by atoms with Crippen LogP contribution in [0.2, 0.25) is 0 Å². The van der Waals surface area contributed by atoms with Gasteiger partial charge in [-0.3, -0.25) is 10.1 Å². The van der Waals surface area contributed by atoms with E-state index in [1.807, 2.05) is 67.6 Å². The second-order valence-corrected chi connectivity index (χ2v) is 6.76. The molecular formula is C20H16N4OS. The van der Waals surface area contributed by atoms with Gasteiger partial charge in [-0.15, -0.1) is 10.2 Å². The molecule has 0 fully saturated rings. The van der Waals surface area contributed by atoms with E-state index in [-0.39, 0.29) is 5.57 Å². The van der Waals surface area contributed by atoms with Gasteiger partial charge in [-0.1, -0.05) is 71.5 Å². The quantitative estimate of drug-likeness (QED) is 0.551. The first-order chi connectivity index (χ1) is 12.6. The number of nitriles is 1. The van der Waals surface area contributed by atoms with E-state index in [0.29, 0.717) is 11.6 Å². The van der Waals surface area contributed by atoms with Crippen LogP contribution in [-0.4, -0.2) is 16.1 Å². The topological polar surface area (TPSA) is 78.7 Å². The lowest BCUT2D eigenvalue weighted by atomic mass is 10.1. The summed E-state index contributed by atoms with van der Waals surface area (Å²) in [6, 6.07) is 19.4. The predicted octanol–water partition coefficient (Wildman–Crippen LogP) is 3.98. The number of hydrogen-bond donors (Lipinski definition) is 1. The van der Waals surface area contributed by atoms with Crippen LogP contribution in [0.1, 0.15) is 21.7 Å². The van der Waals surface area contributed by atoms with E-state index < -0.39 is 5.91 Å². The molecule has 1 aromatic heterocycles. The first kappa shape index (κ1) is 17.5. The normalized spacial score (nSPS) is 11.0. The molecule has 0 saturated heterocycles. The second kappa shape index (κ2) is 8.19. The summed E-state index contributed by atoms with van der Waals surface area (Å²) in [5, 5.41) is 21.2. The van der Waals surface area contributed by atoms with Crippen LogP contribution >= 0.6 is 11.3 Å². The first-order valence-corrected chi connectivity index (χ1v) is 8.82. The van der Waals surface area contributed by atoms with Gasteiger partial charge in [0.2, 0.25) is 5.13 Å². The molecule has 128 valence electrons. The molecule has 1 N–H and O–H groups in total. The summed E-state index contributed by atoms with van der Waals surface area (Å²) in [7, 11) is 0. The Morgan fingerprint density at radius 3 is 2.58 bits per heavy atom. The van der Waals surface area contributed by atoms with E-state index in [1.54, 1.807) is 6.08 Å². The number of benzene rings is 2. The highest BCUT2D eigenvalue weighted by atomic mass is 32.1. The molecule has 0 atom stereocenters. The van der Waals surface area contributed by atoms with Crippen LogP contribution in [0.3, 0.4) is 0 Å². The van der Waals surface area contributed by atoms with Crippen molar-refractivity contribution in [3.8, 4) is 6.07 Å². The van der Waals surface area contributed by atoms with Crippen molar-refractivity contribution in [2.75, 3.05) is 5.32 Å². The molecule has 1 heterocycles. The molecular weight excluding hydrogens is 344 g/mol. The molecule has 0 unspecified atom stereocenters. The van der Waals surface area contributed by atoms with Crippen molar-refractivity contribution in [1.29, 1.82) is 5.26 Å². The predicted molar refractivity (Wildman–Crippen MR) is 103 cm³/mol. The molecule has 0 saturated carbocycles. The highest BCUT2D eigenvalue weighted by Gasteiger charge is 2.13. The Kier molecular flexibility index (Phi) is 5.52. The summed E-state index contributed by atoms with van der Waals surface area (Å²) in [5.74, 6) is -0.490. The summed E-state index contributed by atoms with van der Waals surface area (Å²) < 4.78 is 0. The summed E-state index contributed by atoms with van der Waals surface area (Å²) in [4.78, 5) is 12.3. The minimum absolute atomic E-state index is 0.0219. The molecule has 3 rings (SSSR count). The van der Waals surface area contributed by atoms with Crippen molar-refractivity contribution in [1.82, 2.24) is 10.2 Å². The lowest BCUT2D eigenvalue weighted by Gasteiger charge is -2.00. The van der Waals surface area contributed by atoms with Crippen LogP contribution in [0.4, 0.5) is 5.13 Å². The van der Waals surface area contributed by atoms with E-state index in [1.165, 1.54) is 11.3 Å². The maximum atomic E-state index is 12.3. The molecule has 6 heteroatoms. The van der Waals surface area contributed by atoms with Gasteiger partial charge < -0.3 is 0 Å². The largest absolute Gasteiger partial charge is 0.296 e. The molecule has 0 radical (unpaired) electrons. The van der Waals surface area contributed by atoms with Crippen LogP contribution in [0, 0.1) is 18.3 Å². The summed E-state index contributed by atoms with van der Waals surface area (Å²) in [6.07, 6.45) is 2.21. The van der Waals surface area contributed by atoms with Crippen molar-refractivity contribution < 1.29 is 4.79 Å². The van der Waals surface area contributed by atoms with E-state index in [9.17, 15) is 10.1 Å². The minimum Gasteiger partial charge on any atom is -0.296 e. The van der Waals surface area contributed by atoms with Gasteiger partial charge in [0.25, 0.3) is 5.91 Å². The monoisotopic (exact) mass is 360 g/mol. The van der Waals surface area contributed by atoms with E-state index in [2.05, 4.69) is 15.5 Å². The Balaban J connectivity index is 1.69. The smallest absolute Gasteiger partial charge is 0.268 e. The van der Waals surface area contributed by atoms with Gasteiger partial charge in [0.1, 0.15) is 16.6 Å². The Morgan fingerprint density at radius 2 is 1.88 bits per heavy atom. The average molecular weight is 360 g/mol. The third-order valence-electron chi connectivity index (χ3n) is 3.64. The van der Waals surface area contributed by atoms with Crippen LogP contribution < -0.4 is 5.32 Å². The highest BCUT2D eigenvalue weighted by Crippen LogP contribution is 2.19. The zero-order valence-corrected chi connectivity index (χ0v) is 15.0. The Hall–Kier alpha value is -3.30. The number of aromatic nitrogens is 2. The Bertz CT molecular complexity index is 969. The third-order valence-corrected chi connectivity index (χ3v) is 4.48. The number of carbonyl (C=O) groups excluding carboxylic acids is 1. The van der Waals surface area contributed by atoms with Crippen molar-refractivity contribution in [3.63, 3.8) is 0 Å². The zero-order chi connectivity index (χ0) is 18.4. The number of rotatable bonds is 5. The summed E-state index contributed by atoms with van der Waals surface area (Å²) in [5.41, 5.74) is 3.06. The van der Waals surface area contributed by atoms with Gasteiger partial charge in [0.15, 0.2) is 0 Å². The molecule has 0 spiro atoms. The summed E-state index contributed by atoms with van der Waals surface area (Å²) >= 11 is 1.30. The molecule has 2 aromatic carbocycles. The summed E-state index contributed by atoms with van der Waals surface area (Å²) in [6.45, 7) is 1.98. The zero-order valence-electron chi connectivity index (χ0n) is 14.1. The number of aryl methyl sites for hydroxylation is 1. The maximum Gasteiger partial charge on any atom is 0.268 e. The Morgan fingerprint density at radius 1 is 1.15 bits per heavy atom. The van der Waals surface area contributed by atoms with Crippen molar-refractivity contribution in [2.24, 2.45) is 0 Å². The minimum atomic E-state index is -0.490. The number of carbonyl (C=O) groups is 1. The van der Waals surface area contributed by atoms with E-state index >= 15 is 0 Å². The van der Waals surface area contributed by atoms with Crippen molar-refractivity contribution in [2.45, 2.75) is 13.3 Å². The SMILES string of the molecule is Cc1ccc(/C=C(/C#N)C(=O)Nc2nnc(Cc3ccccc3)s2)cc1. The molecule has 5 nitrogen and oxygen atoms in total. The number of amides is 1. The molecule has 26 heavy (non-hydrogen) atoms. The number of hydrogen-bond acceptors (Lipinski definition) is 5. The lowest BCUT2D eigenvalue weighted by molar-refractivity contribution is -0.112. The molecule has 3 aromatic rings. The highest BCUT2D eigenvalue weighted by molar-refractivity contribution is 7.15. The Labute approximate surface area is 155 Å². The van der Waals surface area contributed by atoms with Crippen LogP contribution in [-0.2, 0) is 11.2 Å². The third kappa shape index (κ3) is 4.62. The first-order valence-electron chi connectivity index (χ1n) is 8.00. The molecule has 0 aliphatic rings. The number of nitrogens with one attached hydrogen (secondary N) is 1. The number of anilines is 1. The fraction of sp³-hybridized carbons (Fsp3) is 0.100.